The fraction of sp³-hybridized carbons (Fsp3) is 0.381. The number of rotatable bonds is 6. The molecule has 1 amide bonds. The molecule has 2 aromatic rings. The van der Waals surface area contributed by atoms with E-state index in [9.17, 15) is 13.2 Å². The van der Waals surface area contributed by atoms with E-state index in [1.54, 1.807) is 29.6 Å². The number of amides is 1. The Morgan fingerprint density at radius 3 is 2.71 bits per heavy atom. The Hall–Kier alpha value is -2.38. The first-order valence-corrected chi connectivity index (χ1v) is 10.9. The Morgan fingerprint density at radius 1 is 1.18 bits per heavy atom. The van der Waals surface area contributed by atoms with Crippen LogP contribution in [0.1, 0.15) is 42.1 Å². The van der Waals surface area contributed by atoms with Crippen LogP contribution in [0.4, 0.5) is 0 Å². The number of carbonyl (C=O) groups excluding carboxylic acids is 1. The minimum atomic E-state index is -3.61. The van der Waals surface area contributed by atoms with Crippen molar-refractivity contribution < 1.29 is 17.9 Å². The molecule has 1 unspecified atom stereocenters. The Labute approximate surface area is 166 Å². The maximum absolute atomic E-state index is 13.0. The molecule has 0 aliphatic carbocycles. The van der Waals surface area contributed by atoms with Crippen LogP contribution in [0.5, 0.6) is 5.75 Å². The van der Waals surface area contributed by atoms with Gasteiger partial charge >= 0.3 is 0 Å². The average molecular weight is 403 g/mol. The molecule has 2 aromatic carbocycles. The van der Waals surface area contributed by atoms with Crippen LogP contribution in [-0.4, -0.2) is 38.3 Å². The summed E-state index contributed by atoms with van der Waals surface area (Å²) in [5.74, 6) is 0.368. The zero-order chi connectivity index (χ0) is 20.1. The summed E-state index contributed by atoms with van der Waals surface area (Å²) < 4.78 is 32.9. The van der Waals surface area contributed by atoms with Crippen LogP contribution >= 0.6 is 0 Å². The van der Waals surface area contributed by atoms with Crippen molar-refractivity contribution in [2.45, 2.75) is 43.7 Å². The number of methoxy groups -OCH3 is 1. The number of carbonyl (C=O) groups is 1. The highest BCUT2D eigenvalue weighted by molar-refractivity contribution is 7.89. The highest BCUT2D eigenvalue weighted by Gasteiger charge is 2.31. The lowest BCUT2D eigenvalue weighted by Crippen LogP contribution is -2.42. The first-order valence-electron chi connectivity index (χ1n) is 9.45. The van der Waals surface area contributed by atoms with Crippen molar-refractivity contribution >= 4 is 15.9 Å². The number of hydrogen-bond donors (Lipinski definition) is 1. The van der Waals surface area contributed by atoms with Gasteiger partial charge in [0.2, 0.25) is 10.0 Å². The van der Waals surface area contributed by atoms with Crippen molar-refractivity contribution in [2.24, 2.45) is 0 Å². The lowest BCUT2D eigenvalue weighted by Gasteiger charge is -2.32. The Bertz CT molecular complexity index is 943. The van der Waals surface area contributed by atoms with Crippen molar-refractivity contribution in [3.63, 3.8) is 0 Å². The molecule has 7 heteroatoms. The number of ether oxygens (including phenoxy) is 1. The van der Waals surface area contributed by atoms with Crippen LogP contribution in [-0.2, 0) is 16.6 Å². The predicted molar refractivity (Wildman–Crippen MR) is 108 cm³/mol. The van der Waals surface area contributed by atoms with Crippen molar-refractivity contribution in [1.82, 2.24) is 9.62 Å². The van der Waals surface area contributed by atoms with Crippen molar-refractivity contribution in [2.75, 3.05) is 13.7 Å². The SMILES string of the molecule is COc1ccccc1CNC(=O)c1cccc(S(=O)(=O)N2CCCCC2C)c1. The maximum atomic E-state index is 13.0. The molecule has 1 saturated heterocycles. The molecule has 1 fully saturated rings. The molecule has 0 radical (unpaired) electrons. The van der Waals surface area contributed by atoms with Crippen molar-refractivity contribution in [3.05, 3.63) is 59.7 Å². The summed E-state index contributed by atoms with van der Waals surface area (Å²) in [6, 6.07) is 13.6. The van der Waals surface area contributed by atoms with Crippen LogP contribution in [0.15, 0.2) is 53.4 Å². The second-order valence-corrected chi connectivity index (χ2v) is 8.87. The van der Waals surface area contributed by atoms with Gasteiger partial charge in [-0.05, 0) is 44.0 Å². The number of para-hydroxylation sites is 1. The van der Waals surface area contributed by atoms with Gasteiger partial charge in [-0.2, -0.15) is 4.31 Å². The number of nitrogens with zero attached hydrogens (tertiary/aromatic N) is 1. The molecule has 150 valence electrons. The molecule has 1 aliphatic rings. The third-order valence-corrected chi connectivity index (χ3v) is 7.09. The molecule has 0 spiro atoms. The molecule has 28 heavy (non-hydrogen) atoms. The molecule has 1 aliphatic heterocycles. The van der Waals surface area contributed by atoms with E-state index in [1.807, 2.05) is 31.2 Å². The van der Waals surface area contributed by atoms with Crippen LogP contribution in [0.2, 0.25) is 0 Å². The Morgan fingerprint density at radius 2 is 1.96 bits per heavy atom. The molecular formula is C21H26N2O4S. The summed E-state index contributed by atoms with van der Waals surface area (Å²) in [6.07, 6.45) is 2.76. The number of piperidine rings is 1. The van der Waals surface area contributed by atoms with Crippen LogP contribution in [0.25, 0.3) is 0 Å². The molecule has 6 nitrogen and oxygen atoms in total. The Kier molecular flexibility index (Phi) is 6.36. The van der Waals surface area contributed by atoms with E-state index in [-0.39, 0.29) is 16.8 Å². The molecule has 1 N–H and O–H groups in total. The van der Waals surface area contributed by atoms with Crippen molar-refractivity contribution in [1.29, 1.82) is 0 Å². The second-order valence-electron chi connectivity index (χ2n) is 6.98. The summed E-state index contributed by atoms with van der Waals surface area (Å²) in [4.78, 5) is 12.7. The first-order chi connectivity index (χ1) is 13.4. The summed E-state index contributed by atoms with van der Waals surface area (Å²) >= 11 is 0. The maximum Gasteiger partial charge on any atom is 0.251 e. The number of nitrogens with one attached hydrogen (secondary N) is 1. The molecular weight excluding hydrogens is 376 g/mol. The fourth-order valence-corrected chi connectivity index (χ4v) is 5.23. The quantitative estimate of drug-likeness (QED) is 0.805. The molecule has 0 aromatic heterocycles. The molecule has 1 heterocycles. The second kappa shape index (κ2) is 8.75. The number of sulfonamides is 1. The van der Waals surface area contributed by atoms with Gasteiger partial charge in [-0.3, -0.25) is 4.79 Å². The van der Waals surface area contributed by atoms with Crippen molar-refractivity contribution in [3.8, 4) is 5.75 Å². The lowest BCUT2D eigenvalue weighted by atomic mass is 10.1. The number of benzene rings is 2. The fourth-order valence-electron chi connectivity index (χ4n) is 3.49. The topological polar surface area (TPSA) is 75.7 Å². The van der Waals surface area contributed by atoms with Gasteiger partial charge in [0, 0.05) is 30.3 Å². The minimum Gasteiger partial charge on any atom is -0.496 e. The zero-order valence-corrected chi connectivity index (χ0v) is 17.0. The molecule has 3 rings (SSSR count). The van der Waals surface area contributed by atoms with E-state index in [2.05, 4.69) is 5.32 Å². The van der Waals surface area contributed by atoms with Crippen LogP contribution in [0.3, 0.4) is 0 Å². The number of hydrogen-bond acceptors (Lipinski definition) is 4. The highest BCUT2D eigenvalue weighted by atomic mass is 32.2. The summed E-state index contributed by atoms with van der Waals surface area (Å²) in [7, 11) is -2.03. The van der Waals surface area contributed by atoms with Gasteiger partial charge in [0.15, 0.2) is 0 Å². The minimum absolute atomic E-state index is 0.0261. The largest absolute Gasteiger partial charge is 0.496 e. The third-order valence-electron chi connectivity index (χ3n) is 5.08. The van der Waals surface area contributed by atoms with Gasteiger partial charge < -0.3 is 10.1 Å². The zero-order valence-electron chi connectivity index (χ0n) is 16.2. The predicted octanol–water partition coefficient (Wildman–Crippen LogP) is 3.19. The normalized spacial score (nSPS) is 17.9. The molecule has 0 saturated carbocycles. The van der Waals surface area contributed by atoms with E-state index in [1.165, 1.54) is 6.07 Å². The lowest BCUT2D eigenvalue weighted by molar-refractivity contribution is 0.0950. The summed E-state index contributed by atoms with van der Waals surface area (Å²) in [6.45, 7) is 2.75. The van der Waals surface area contributed by atoms with E-state index in [0.29, 0.717) is 24.4 Å². The molecule has 1 atom stereocenters. The average Bonchev–Trinajstić information content (AvgIpc) is 2.72. The Balaban J connectivity index is 1.76. The standard InChI is InChI=1S/C21H26N2O4S/c1-16-8-5-6-13-23(16)28(25,26)19-11-7-10-17(14-19)21(24)22-15-18-9-3-4-12-20(18)27-2/h3-4,7,9-12,14,16H,5-6,8,13,15H2,1-2H3,(H,22,24). The van der Waals surface area contributed by atoms with Crippen LogP contribution in [0, 0.1) is 0 Å². The van der Waals surface area contributed by atoms with E-state index in [4.69, 9.17) is 4.74 Å². The van der Waals surface area contributed by atoms with E-state index < -0.39 is 10.0 Å². The highest BCUT2D eigenvalue weighted by Crippen LogP contribution is 2.25. The van der Waals surface area contributed by atoms with Gasteiger partial charge in [-0.15, -0.1) is 0 Å². The smallest absolute Gasteiger partial charge is 0.251 e. The monoisotopic (exact) mass is 402 g/mol. The van der Waals surface area contributed by atoms with Gasteiger partial charge in [-0.1, -0.05) is 30.7 Å². The van der Waals surface area contributed by atoms with E-state index >= 15 is 0 Å². The van der Waals surface area contributed by atoms with Gasteiger partial charge in [0.25, 0.3) is 5.91 Å². The van der Waals surface area contributed by atoms with E-state index in [0.717, 1.165) is 24.8 Å². The van der Waals surface area contributed by atoms with Gasteiger partial charge in [0.05, 0.1) is 12.0 Å². The van der Waals surface area contributed by atoms with Gasteiger partial charge in [0.1, 0.15) is 5.75 Å². The van der Waals surface area contributed by atoms with Gasteiger partial charge in [-0.25, -0.2) is 8.42 Å². The summed E-state index contributed by atoms with van der Waals surface area (Å²) in [5.41, 5.74) is 1.17. The third kappa shape index (κ3) is 4.36. The van der Waals surface area contributed by atoms with Crippen LogP contribution < -0.4 is 10.1 Å². The summed E-state index contributed by atoms with van der Waals surface area (Å²) in [5, 5.41) is 2.83. The first kappa shape index (κ1) is 20.4. The molecule has 0 bridgehead atoms.